The van der Waals surface area contributed by atoms with Crippen LogP contribution in [0.15, 0.2) is 34.2 Å². The Morgan fingerprint density at radius 2 is 2.27 bits per heavy atom. The fourth-order valence-corrected chi connectivity index (χ4v) is 5.83. The summed E-state index contributed by atoms with van der Waals surface area (Å²) in [6.07, 6.45) is 1.72. The molecule has 1 saturated heterocycles. The number of ether oxygens (including phenoxy) is 2. The highest BCUT2D eigenvalue weighted by atomic mass is 32.2. The third kappa shape index (κ3) is 4.94. The van der Waals surface area contributed by atoms with E-state index in [1.807, 2.05) is 0 Å². The van der Waals surface area contributed by atoms with Crippen molar-refractivity contribution in [1.82, 2.24) is 9.55 Å². The molecule has 4 rings (SSSR count). The third-order valence-electron chi connectivity index (χ3n) is 5.38. The first-order chi connectivity index (χ1) is 15.9. The predicted octanol–water partition coefficient (Wildman–Crippen LogP) is 4.32. The van der Waals surface area contributed by atoms with E-state index in [1.54, 1.807) is 30.5 Å². The number of hydrogen-bond donors (Lipinski definition) is 0. The number of nitrogens with zero attached hydrogens (tertiary/aromatic N) is 3. The minimum atomic E-state index is -0.464. The second-order valence-corrected chi connectivity index (χ2v) is 9.56. The summed E-state index contributed by atoms with van der Waals surface area (Å²) in [5, 5.41) is 12.0. The number of benzene rings is 1. The number of carbonyl (C=O) groups is 1. The van der Waals surface area contributed by atoms with Crippen LogP contribution in [0.2, 0.25) is 0 Å². The second kappa shape index (κ2) is 10.0. The number of thioether (sulfide) groups is 1. The zero-order valence-corrected chi connectivity index (χ0v) is 19.9. The van der Waals surface area contributed by atoms with E-state index in [9.17, 15) is 19.7 Å². The van der Waals surface area contributed by atoms with Gasteiger partial charge in [-0.05, 0) is 37.8 Å². The number of thiophene rings is 1. The lowest BCUT2D eigenvalue weighted by molar-refractivity contribution is -0.384. The van der Waals surface area contributed by atoms with Gasteiger partial charge < -0.3 is 9.47 Å². The highest BCUT2D eigenvalue weighted by Gasteiger charge is 2.25. The highest BCUT2D eigenvalue weighted by Crippen LogP contribution is 2.31. The smallest absolute Gasteiger partial charge is 0.348 e. The number of nitro benzene ring substituents is 1. The molecular formula is C22H23N3O6S2. The summed E-state index contributed by atoms with van der Waals surface area (Å²) in [7, 11) is 0. The van der Waals surface area contributed by atoms with Gasteiger partial charge in [0.05, 0.1) is 29.6 Å². The van der Waals surface area contributed by atoms with E-state index in [0.29, 0.717) is 44.7 Å². The molecule has 1 aliphatic rings. The van der Waals surface area contributed by atoms with E-state index in [-0.39, 0.29) is 24.0 Å². The van der Waals surface area contributed by atoms with Gasteiger partial charge in [-0.15, -0.1) is 11.3 Å². The minimum Gasteiger partial charge on any atom is -0.462 e. The number of aromatic nitrogens is 2. The third-order valence-corrected chi connectivity index (χ3v) is 7.59. The van der Waals surface area contributed by atoms with E-state index in [4.69, 9.17) is 14.5 Å². The standard InChI is InChI=1S/C22H23N3O6S2/c1-3-30-21(27)18-13(2)17-19(33-18)23-22(24(20(17)26)11-16-8-5-9-31-16)32-12-14-6-4-7-15(10-14)25(28)29/h4,6-7,10,16H,3,5,8-9,11-12H2,1-2H3/t16-/m1/s1. The Kier molecular flexibility index (Phi) is 7.11. The fraction of sp³-hybridized carbons (Fsp3) is 0.409. The van der Waals surface area contributed by atoms with Crippen LogP contribution in [0.5, 0.6) is 0 Å². The molecule has 0 amide bonds. The van der Waals surface area contributed by atoms with Crippen molar-refractivity contribution in [2.45, 2.75) is 50.2 Å². The van der Waals surface area contributed by atoms with Crippen molar-refractivity contribution in [2.75, 3.05) is 13.2 Å². The molecule has 3 aromatic rings. The molecule has 0 radical (unpaired) electrons. The van der Waals surface area contributed by atoms with Gasteiger partial charge in [0.25, 0.3) is 11.2 Å². The predicted molar refractivity (Wildman–Crippen MR) is 126 cm³/mol. The Hall–Kier alpha value is -2.76. The van der Waals surface area contributed by atoms with Gasteiger partial charge in [0.2, 0.25) is 0 Å². The number of non-ortho nitro benzene ring substituents is 1. The molecule has 0 saturated carbocycles. The average Bonchev–Trinajstić information content (AvgIpc) is 3.42. The molecule has 1 atom stereocenters. The van der Waals surface area contributed by atoms with Gasteiger partial charge in [0.1, 0.15) is 9.71 Å². The topological polar surface area (TPSA) is 114 Å². The number of nitro groups is 1. The summed E-state index contributed by atoms with van der Waals surface area (Å²) in [6, 6.07) is 6.40. The lowest BCUT2D eigenvalue weighted by Crippen LogP contribution is -2.28. The van der Waals surface area contributed by atoms with Crippen LogP contribution in [-0.2, 0) is 21.8 Å². The molecule has 1 aromatic carbocycles. The number of hydrogen-bond acceptors (Lipinski definition) is 9. The average molecular weight is 490 g/mol. The zero-order valence-electron chi connectivity index (χ0n) is 18.2. The second-order valence-electron chi connectivity index (χ2n) is 7.62. The van der Waals surface area contributed by atoms with Crippen molar-refractivity contribution in [3.8, 4) is 0 Å². The Morgan fingerprint density at radius 1 is 1.45 bits per heavy atom. The van der Waals surface area contributed by atoms with E-state index in [0.717, 1.165) is 29.7 Å². The molecule has 0 aliphatic carbocycles. The number of carbonyl (C=O) groups excluding carboxylic acids is 1. The summed E-state index contributed by atoms with van der Waals surface area (Å²) in [6.45, 7) is 4.74. The van der Waals surface area contributed by atoms with Gasteiger partial charge in [-0.25, -0.2) is 9.78 Å². The first kappa shape index (κ1) is 23.4. The fourth-order valence-electron chi connectivity index (χ4n) is 3.76. The molecule has 1 aliphatic heterocycles. The van der Waals surface area contributed by atoms with Gasteiger partial charge >= 0.3 is 5.97 Å². The zero-order chi connectivity index (χ0) is 23.5. The van der Waals surface area contributed by atoms with Crippen molar-refractivity contribution >= 4 is 45.0 Å². The van der Waals surface area contributed by atoms with Gasteiger partial charge in [-0.1, -0.05) is 23.9 Å². The molecule has 0 unspecified atom stereocenters. The van der Waals surface area contributed by atoms with Crippen LogP contribution < -0.4 is 5.56 Å². The van der Waals surface area contributed by atoms with E-state index >= 15 is 0 Å². The minimum absolute atomic E-state index is 0.0150. The molecule has 0 spiro atoms. The molecule has 33 heavy (non-hydrogen) atoms. The van der Waals surface area contributed by atoms with E-state index < -0.39 is 10.9 Å². The molecule has 0 N–H and O–H groups in total. The quantitative estimate of drug-likeness (QED) is 0.151. The van der Waals surface area contributed by atoms with Crippen LogP contribution in [-0.4, -0.2) is 39.8 Å². The number of esters is 1. The monoisotopic (exact) mass is 489 g/mol. The number of fused-ring (bicyclic) bond motifs is 1. The molecule has 2 aromatic heterocycles. The van der Waals surface area contributed by atoms with Crippen LogP contribution >= 0.6 is 23.1 Å². The Balaban J connectivity index is 1.74. The Bertz CT molecular complexity index is 1260. The van der Waals surface area contributed by atoms with Crippen molar-refractivity contribution < 1.29 is 19.2 Å². The van der Waals surface area contributed by atoms with Crippen molar-refractivity contribution in [3.63, 3.8) is 0 Å². The van der Waals surface area contributed by atoms with E-state index in [1.165, 1.54) is 23.9 Å². The van der Waals surface area contributed by atoms with Gasteiger partial charge in [0.15, 0.2) is 5.16 Å². The Morgan fingerprint density at radius 3 is 2.97 bits per heavy atom. The molecule has 0 bridgehead atoms. The van der Waals surface area contributed by atoms with Crippen LogP contribution in [0.4, 0.5) is 5.69 Å². The summed E-state index contributed by atoms with van der Waals surface area (Å²) in [5.41, 5.74) is 1.12. The SMILES string of the molecule is CCOC(=O)c1sc2nc(SCc3cccc([N+](=O)[O-])c3)n(C[C@H]3CCCO3)c(=O)c2c1C. The lowest BCUT2D eigenvalue weighted by atomic mass is 10.2. The number of rotatable bonds is 8. The lowest BCUT2D eigenvalue weighted by Gasteiger charge is -2.16. The molecule has 1 fully saturated rings. The molecule has 11 heteroatoms. The first-order valence-corrected chi connectivity index (χ1v) is 12.4. The molecular weight excluding hydrogens is 466 g/mol. The summed E-state index contributed by atoms with van der Waals surface area (Å²) < 4.78 is 12.5. The number of aryl methyl sites for hydroxylation is 1. The van der Waals surface area contributed by atoms with Crippen LogP contribution in [0.25, 0.3) is 10.2 Å². The maximum absolute atomic E-state index is 13.5. The largest absolute Gasteiger partial charge is 0.462 e. The molecule has 3 heterocycles. The first-order valence-electron chi connectivity index (χ1n) is 10.6. The van der Waals surface area contributed by atoms with Crippen LogP contribution in [0.1, 0.15) is 40.6 Å². The van der Waals surface area contributed by atoms with Crippen molar-refractivity contribution in [1.29, 1.82) is 0 Å². The summed E-state index contributed by atoms with van der Waals surface area (Å²) in [5.74, 6) is -0.0610. The maximum atomic E-state index is 13.5. The van der Waals surface area contributed by atoms with Gasteiger partial charge in [-0.2, -0.15) is 0 Å². The summed E-state index contributed by atoms with van der Waals surface area (Å²) >= 11 is 2.48. The maximum Gasteiger partial charge on any atom is 0.348 e. The summed E-state index contributed by atoms with van der Waals surface area (Å²) in [4.78, 5) is 42.1. The van der Waals surface area contributed by atoms with Crippen molar-refractivity contribution in [2.24, 2.45) is 0 Å². The Labute approximate surface area is 197 Å². The van der Waals surface area contributed by atoms with Gasteiger partial charge in [-0.3, -0.25) is 19.5 Å². The van der Waals surface area contributed by atoms with E-state index in [2.05, 4.69) is 0 Å². The van der Waals surface area contributed by atoms with Crippen LogP contribution in [0.3, 0.4) is 0 Å². The highest BCUT2D eigenvalue weighted by molar-refractivity contribution is 7.98. The molecule has 174 valence electrons. The molecule has 9 nitrogen and oxygen atoms in total. The van der Waals surface area contributed by atoms with Crippen LogP contribution in [0, 0.1) is 17.0 Å². The van der Waals surface area contributed by atoms with Gasteiger partial charge in [0, 0.05) is 24.5 Å². The normalized spacial score (nSPS) is 15.8. The van der Waals surface area contributed by atoms with Crippen molar-refractivity contribution in [3.05, 3.63) is 60.7 Å².